The number of nitrogens with one attached hydrogen (secondary N) is 2. The molecule has 160 valence electrons. The zero-order valence-electron chi connectivity index (χ0n) is 18.3. The van der Waals surface area contributed by atoms with Crippen LogP contribution >= 0.6 is 0 Å². The molecule has 2 aromatic rings. The van der Waals surface area contributed by atoms with Crippen LogP contribution in [-0.4, -0.2) is 30.9 Å². The Morgan fingerprint density at radius 3 is 2.30 bits per heavy atom. The monoisotopic (exact) mass is 407 g/mol. The second kappa shape index (κ2) is 10.3. The Hall–Kier alpha value is -2.82. The van der Waals surface area contributed by atoms with Crippen molar-refractivity contribution < 1.29 is 9.59 Å². The number of piperidine rings is 1. The van der Waals surface area contributed by atoms with Gasteiger partial charge < -0.3 is 15.5 Å². The van der Waals surface area contributed by atoms with Gasteiger partial charge in [-0.3, -0.25) is 9.59 Å². The van der Waals surface area contributed by atoms with E-state index in [2.05, 4.69) is 29.4 Å². The van der Waals surface area contributed by atoms with Gasteiger partial charge in [0.2, 0.25) is 0 Å². The highest BCUT2D eigenvalue weighted by atomic mass is 16.2. The number of nitrogens with zero attached hydrogens (tertiary/aromatic N) is 1. The van der Waals surface area contributed by atoms with Gasteiger partial charge in [0.15, 0.2) is 0 Å². The van der Waals surface area contributed by atoms with E-state index in [0.717, 1.165) is 44.5 Å². The first-order valence-electron chi connectivity index (χ1n) is 11.1. The quantitative estimate of drug-likeness (QED) is 0.677. The van der Waals surface area contributed by atoms with E-state index in [9.17, 15) is 9.59 Å². The first kappa shape index (κ1) is 21.9. The second-order valence-corrected chi connectivity index (χ2v) is 8.07. The minimum Gasteiger partial charge on any atom is -0.371 e. The van der Waals surface area contributed by atoms with Crippen LogP contribution < -0.4 is 15.5 Å². The molecule has 1 aliphatic heterocycles. The number of aryl methyl sites for hydroxylation is 1. The van der Waals surface area contributed by atoms with Crippen LogP contribution in [-0.2, 0) is 6.42 Å². The molecule has 1 heterocycles. The Labute approximate surface area is 179 Å². The molecule has 1 atom stereocenters. The molecule has 1 fully saturated rings. The van der Waals surface area contributed by atoms with E-state index in [0.29, 0.717) is 16.8 Å². The largest absolute Gasteiger partial charge is 0.371 e. The van der Waals surface area contributed by atoms with Crippen molar-refractivity contribution in [3.63, 3.8) is 0 Å². The van der Waals surface area contributed by atoms with E-state index in [1.807, 2.05) is 43.3 Å². The molecule has 5 nitrogen and oxygen atoms in total. The Kier molecular flexibility index (Phi) is 7.50. The summed E-state index contributed by atoms with van der Waals surface area (Å²) in [6.45, 7) is 8.06. The molecule has 0 aromatic heterocycles. The maximum Gasteiger partial charge on any atom is 0.255 e. The molecule has 1 saturated heterocycles. The van der Waals surface area contributed by atoms with Crippen LogP contribution in [0.25, 0.3) is 0 Å². The predicted octanol–water partition coefficient (Wildman–Crippen LogP) is 5.02. The Morgan fingerprint density at radius 1 is 0.967 bits per heavy atom. The van der Waals surface area contributed by atoms with Gasteiger partial charge >= 0.3 is 0 Å². The lowest BCUT2D eigenvalue weighted by molar-refractivity contribution is 0.0938. The fraction of sp³-hybridized carbons (Fsp3) is 0.440. The van der Waals surface area contributed by atoms with Crippen molar-refractivity contribution in [1.29, 1.82) is 0 Å². The van der Waals surface area contributed by atoms with E-state index >= 15 is 0 Å². The topological polar surface area (TPSA) is 61.4 Å². The van der Waals surface area contributed by atoms with Crippen molar-refractivity contribution in [2.24, 2.45) is 0 Å². The van der Waals surface area contributed by atoms with Crippen LogP contribution in [0.1, 0.15) is 72.7 Å². The van der Waals surface area contributed by atoms with Crippen molar-refractivity contribution in [3.05, 3.63) is 59.2 Å². The van der Waals surface area contributed by atoms with Gasteiger partial charge in [-0.25, -0.2) is 0 Å². The van der Waals surface area contributed by atoms with E-state index < -0.39 is 0 Å². The summed E-state index contributed by atoms with van der Waals surface area (Å²) in [4.78, 5) is 28.0. The molecule has 0 aliphatic carbocycles. The maximum atomic E-state index is 13.0. The number of amides is 2. The van der Waals surface area contributed by atoms with Crippen molar-refractivity contribution in [2.45, 2.75) is 58.9 Å². The molecule has 2 aromatic carbocycles. The average molecular weight is 408 g/mol. The molecule has 0 saturated carbocycles. The van der Waals surface area contributed by atoms with E-state index in [4.69, 9.17) is 0 Å². The highest BCUT2D eigenvalue weighted by Gasteiger charge is 2.20. The summed E-state index contributed by atoms with van der Waals surface area (Å²) < 4.78 is 0. The van der Waals surface area contributed by atoms with Crippen LogP contribution in [0, 0.1) is 0 Å². The molecular weight excluding hydrogens is 374 g/mol. The van der Waals surface area contributed by atoms with Crippen molar-refractivity contribution in [2.75, 3.05) is 23.3 Å². The number of hydrogen-bond donors (Lipinski definition) is 2. The molecule has 1 aliphatic rings. The molecule has 2 amide bonds. The number of rotatable bonds is 7. The molecule has 3 rings (SSSR count). The van der Waals surface area contributed by atoms with Gasteiger partial charge in [-0.2, -0.15) is 0 Å². The number of hydrogen-bond acceptors (Lipinski definition) is 3. The molecule has 0 radical (unpaired) electrons. The van der Waals surface area contributed by atoms with E-state index in [1.54, 1.807) is 6.07 Å². The lowest BCUT2D eigenvalue weighted by Crippen LogP contribution is -2.35. The summed E-state index contributed by atoms with van der Waals surface area (Å²) in [6, 6.07) is 13.4. The van der Waals surface area contributed by atoms with Gasteiger partial charge in [-0.05, 0) is 74.9 Å². The summed E-state index contributed by atoms with van der Waals surface area (Å²) in [5, 5.41) is 6.02. The SMILES string of the molecule is CCc1ccc(C(=O)Nc2ccc(N3CCCCC3)c(C(=O)NC(C)CC)c2)cc1. The molecule has 1 unspecified atom stereocenters. The summed E-state index contributed by atoms with van der Waals surface area (Å²) in [7, 11) is 0. The molecule has 5 heteroatoms. The summed E-state index contributed by atoms with van der Waals surface area (Å²) in [6.07, 6.45) is 5.32. The van der Waals surface area contributed by atoms with Gasteiger partial charge in [0, 0.05) is 36.1 Å². The molecule has 30 heavy (non-hydrogen) atoms. The molecule has 0 spiro atoms. The first-order chi connectivity index (χ1) is 14.5. The standard InChI is InChI=1S/C25H33N3O2/c1-4-18(3)26-25(30)22-17-21(13-14-23(22)28-15-7-6-8-16-28)27-24(29)20-11-9-19(5-2)10-12-20/h9-14,17-18H,4-8,15-16H2,1-3H3,(H,26,30)(H,27,29). The smallest absolute Gasteiger partial charge is 0.255 e. The van der Waals surface area contributed by atoms with Crippen molar-refractivity contribution in [1.82, 2.24) is 5.32 Å². The number of carbonyl (C=O) groups excluding carboxylic acids is 2. The Balaban J connectivity index is 1.84. The lowest BCUT2D eigenvalue weighted by atomic mass is 10.0. The highest BCUT2D eigenvalue weighted by Crippen LogP contribution is 2.27. The molecule has 0 bridgehead atoms. The van der Waals surface area contributed by atoms with Gasteiger partial charge in [0.1, 0.15) is 0 Å². The number of anilines is 2. The van der Waals surface area contributed by atoms with E-state index in [-0.39, 0.29) is 17.9 Å². The summed E-state index contributed by atoms with van der Waals surface area (Å²) in [5.74, 6) is -0.259. The second-order valence-electron chi connectivity index (χ2n) is 8.07. The number of carbonyl (C=O) groups is 2. The van der Waals surface area contributed by atoms with Crippen LogP contribution in [0.2, 0.25) is 0 Å². The third kappa shape index (κ3) is 5.41. The first-order valence-corrected chi connectivity index (χ1v) is 11.1. The van der Waals surface area contributed by atoms with Crippen LogP contribution in [0.15, 0.2) is 42.5 Å². The fourth-order valence-corrected chi connectivity index (χ4v) is 3.70. The van der Waals surface area contributed by atoms with Gasteiger partial charge in [-0.1, -0.05) is 26.0 Å². The van der Waals surface area contributed by atoms with Gasteiger partial charge in [0.05, 0.1) is 5.56 Å². The minimum absolute atomic E-state index is 0.0895. The number of benzene rings is 2. The zero-order valence-corrected chi connectivity index (χ0v) is 18.3. The van der Waals surface area contributed by atoms with Crippen LogP contribution in [0.4, 0.5) is 11.4 Å². The van der Waals surface area contributed by atoms with Crippen LogP contribution in [0.3, 0.4) is 0 Å². The third-order valence-electron chi connectivity index (χ3n) is 5.81. The minimum atomic E-state index is -0.170. The third-order valence-corrected chi connectivity index (χ3v) is 5.81. The predicted molar refractivity (Wildman–Crippen MR) is 123 cm³/mol. The normalized spacial score (nSPS) is 14.8. The van der Waals surface area contributed by atoms with Gasteiger partial charge in [0.25, 0.3) is 11.8 Å². The van der Waals surface area contributed by atoms with Crippen molar-refractivity contribution in [3.8, 4) is 0 Å². The molecule has 2 N–H and O–H groups in total. The summed E-state index contributed by atoms with van der Waals surface area (Å²) >= 11 is 0. The van der Waals surface area contributed by atoms with E-state index in [1.165, 1.54) is 12.0 Å². The maximum absolute atomic E-state index is 13.0. The lowest BCUT2D eigenvalue weighted by Gasteiger charge is -2.31. The Bertz CT molecular complexity index is 870. The summed E-state index contributed by atoms with van der Waals surface area (Å²) in [5.41, 5.74) is 4.01. The molecular formula is C25H33N3O2. The zero-order chi connectivity index (χ0) is 21.5. The fourth-order valence-electron chi connectivity index (χ4n) is 3.70. The average Bonchev–Trinajstić information content (AvgIpc) is 2.79. The highest BCUT2D eigenvalue weighted by molar-refractivity contribution is 6.06. The van der Waals surface area contributed by atoms with Crippen LogP contribution in [0.5, 0.6) is 0 Å². The van der Waals surface area contributed by atoms with Crippen molar-refractivity contribution >= 4 is 23.2 Å². The Morgan fingerprint density at radius 2 is 1.67 bits per heavy atom. The van der Waals surface area contributed by atoms with Gasteiger partial charge in [-0.15, -0.1) is 0 Å².